The first-order valence-corrected chi connectivity index (χ1v) is 14.3. The molecule has 3 N–H and O–H groups in total. The van der Waals surface area contributed by atoms with Gasteiger partial charge in [0.2, 0.25) is 0 Å². The molecule has 2 heterocycles. The predicted molar refractivity (Wildman–Crippen MR) is 150 cm³/mol. The van der Waals surface area contributed by atoms with Crippen LogP contribution in [-0.2, 0) is 23.8 Å². The summed E-state index contributed by atoms with van der Waals surface area (Å²) in [5.41, 5.74) is -1.60. The van der Waals surface area contributed by atoms with Crippen LogP contribution in [0.5, 0.6) is 0 Å². The lowest BCUT2D eigenvalue weighted by atomic mass is 9.87. The monoisotopic (exact) mass is 550 g/mol. The molecule has 10 atom stereocenters. The summed E-state index contributed by atoms with van der Waals surface area (Å²) in [6.07, 6.45) is 9.00. The molecular weight excluding hydrogens is 500 g/mol. The molecule has 0 unspecified atom stereocenters. The van der Waals surface area contributed by atoms with Crippen LogP contribution in [0.25, 0.3) is 0 Å². The number of carbonyl (C=O) groups excluding carboxylic acids is 2. The van der Waals surface area contributed by atoms with E-state index in [-0.39, 0.29) is 42.4 Å². The minimum atomic E-state index is -1.27. The Labute approximate surface area is 234 Å². The fraction of sp³-hybridized carbons (Fsp3) is 0.742. The Morgan fingerprint density at radius 1 is 1.31 bits per heavy atom. The standard InChI is InChI=1S/C31H50O8/c1-9-24(33)22(5)29-25(38-29)18-30(7,35)15-10-11-20(3)28-21(4)12-13-26(37-23(6)32)31(8,36)16-14-19(2)17-27(34)39-28/h10-13,15,19,21-22,24-26,28-29,33,35-36H,9,14,16-18H2,1-8H3/b13-12+,15-10+,20-11+/t19-,21+,22-,24+,25-,26+,28-,29-,30+,31-/m1/s1. The van der Waals surface area contributed by atoms with Gasteiger partial charge in [0.15, 0.2) is 0 Å². The fourth-order valence-electron chi connectivity index (χ4n) is 5.15. The Balaban J connectivity index is 2.18. The number of esters is 2. The lowest BCUT2D eigenvalue weighted by Gasteiger charge is -2.32. The molecule has 8 heteroatoms. The molecule has 1 saturated heterocycles. The molecule has 2 aliphatic heterocycles. The Bertz CT molecular complexity index is 918. The second-order valence-electron chi connectivity index (χ2n) is 12.2. The fourth-order valence-corrected chi connectivity index (χ4v) is 5.15. The van der Waals surface area contributed by atoms with Gasteiger partial charge in [-0.25, -0.2) is 0 Å². The molecule has 0 bridgehead atoms. The van der Waals surface area contributed by atoms with Crippen LogP contribution in [0.3, 0.4) is 0 Å². The minimum absolute atomic E-state index is 0.0131. The van der Waals surface area contributed by atoms with Crippen LogP contribution >= 0.6 is 0 Å². The Kier molecular flexibility index (Phi) is 12.0. The van der Waals surface area contributed by atoms with E-state index in [1.165, 1.54) is 6.92 Å². The number of epoxide rings is 1. The van der Waals surface area contributed by atoms with Crippen molar-refractivity contribution in [2.75, 3.05) is 0 Å². The van der Waals surface area contributed by atoms with E-state index < -0.39 is 35.5 Å². The summed E-state index contributed by atoms with van der Waals surface area (Å²) in [5.74, 6) is -1.06. The Morgan fingerprint density at radius 3 is 2.59 bits per heavy atom. The zero-order valence-electron chi connectivity index (χ0n) is 24.9. The number of hydrogen-bond donors (Lipinski definition) is 3. The number of carbonyl (C=O) groups is 2. The molecule has 0 aromatic carbocycles. The second-order valence-corrected chi connectivity index (χ2v) is 12.2. The highest BCUT2D eigenvalue weighted by Crippen LogP contribution is 2.37. The molecule has 0 aliphatic carbocycles. The number of hydrogen-bond acceptors (Lipinski definition) is 8. The first-order chi connectivity index (χ1) is 18.1. The molecule has 0 saturated carbocycles. The van der Waals surface area contributed by atoms with Crippen molar-refractivity contribution in [1.82, 2.24) is 0 Å². The van der Waals surface area contributed by atoms with E-state index in [1.807, 2.05) is 40.7 Å². The molecule has 2 aliphatic rings. The van der Waals surface area contributed by atoms with Crippen molar-refractivity contribution in [2.24, 2.45) is 17.8 Å². The van der Waals surface area contributed by atoms with Gasteiger partial charge in [0.25, 0.3) is 0 Å². The highest BCUT2D eigenvalue weighted by molar-refractivity contribution is 5.70. The van der Waals surface area contributed by atoms with Crippen LogP contribution in [0.1, 0.15) is 87.5 Å². The molecule has 2 rings (SSSR count). The van der Waals surface area contributed by atoms with E-state index in [4.69, 9.17) is 14.2 Å². The third-order valence-corrected chi connectivity index (χ3v) is 7.93. The largest absolute Gasteiger partial charge is 0.457 e. The Hall–Kier alpha value is -2.00. The van der Waals surface area contributed by atoms with Crippen LogP contribution in [0.15, 0.2) is 36.0 Å². The van der Waals surface area contributed by atoms with Gasteiger partial charge in [-0.15, -0.1) is 0 Å². The van der Waals surface area contributed by atoms with Crippen LogP contribution in [0.4, 0.5) is 0 Å². The highest BCUT2D eigenvalue weighted by Gasteiger charge is 2.47. The summed E-state index contributed by atoms with van der Waals surface area (Å²) in [5, 5.41) is 32.0. The summed E-state index contributed by atoms with van der Waals surface area (Å²) in [6.45, 7) is 14.3. The van der Waals surface area contributed by atoms with E-state index >= 15 is 0 Å². The van der Waals surface area contributed by atoms with Gasteiger partial charge in [0, 0.05) is 31.6 Å². The van der Waals surface area contributed by atoms with Crippen LogP contribution < -0.4 is 0 Å². The normalized spacial score (nSPS) is 36.6. The molecule has 0 radical (unpaired) electrons. The average Bonchev–Trinajstić information content (AvgIpc) is 3.59. The topological polar surface area (TPSA) is 126 Å². The quantitative estimate of drug-likeness (QED) is 0.167. The minimum Gasteiger partial charge on any atom is -0.457 e. The van der Waals surface area contributed by atoms with E-state index in [0.29, 0.717) is 25.7 Å². The average molecular weight is 551 g/mol. The number of rotatable bonds is 9. The summed E-state index contributed by atoms with van der Waals surface area (Å²) in [4.78, 5) is 24.5. The zero-order chi connectivity index (χ0) is 29.5. The number of allylic oxidation sites excluding steroid dienone is 2. The zero-order valence-corrected chi connectivity index (χ0v) is 24.9. The molecule has 0 amide bonds. The van der Waals surface area contributed by atoms with Crippen LogP contribution in [0, 0.1) is 17.8 Å². The van der Waals surface area contributed by atoms with Crippen molar-refractivity contribution in [3.8, 4) is 0 Å². The summed E-state index contributed by atoms with van der Waals surface area (Å²) in [6, 6.07) is 0. The molecule has 0 spiro atoms. The first kappa shape index (κ1) is 33.2. The maximum Gasteiger partial charge on any atom is 0.306 e. The van der Waals surface area contributed by atoms with E-state index in [0.717, 1.165) is 5.57 Å². The first-order valence-electron chi connectivity index (χ1n) is 14.3. The summed E-state index contributed by atoms with van der Waals surface area (Å²) < 4.78 is 17.1. The van der Waals surface area contributed by atoms with Crippen molar-refractivity contribution < 1.29 is 39.1 Å². The summed E-state index contributed by atoms with van der Waals surface area (Å²) >= 11 is 0. The smallest absolute Gasteiger partial charge is 0.306 e. The molecule has 1 fully saturated rings. The highest BCUT2D eigenvalue weighted by atomic mass is 16.6. The number of cyclic esters (lactones) is 1. The van der Waals surface area contributed by atoms with Crippen molar-refractivity contribution in [2.45, 2.75) is 129 Å². The predicted octanol–water partition coefficient (Wildman–Crippen LogP) is 4.41. The van der Waals surface area contributed by atoms with Gasteiger partial charge in [0.05, 0.1) is 23.9 Å². The maximum atomic E-state index is 12.8. The molecule has 0 aromatic rings. The SMILES string of the molecule is CC[C@H](O)[C@@H](C)[C@H]1O[C@@H]1C[C@@](C)(O)/C=C/C=C(\C)[C@H]1OC(=O)C[C@H](C)CC[C@@](C)(O)[C@@H](OC(C)=O)/C=C/[C@@H]1C. The molecule has 39 heavy (non-hydrogen) atoms. The van der Waals surface area contributed by atoms with Gasteiger partial charge >= 0.3 is 11.9 Å². The van der Waals surface area contributed by atoms with Crippen LogP contribution in [0.2, 0.25) is 0 Å². The third-order valence-electron chi connectivity index (χ3n) is 7.93. The second kappa shape index (κ2) is 14.1. The van der Waals surface area contributed by atoms with Crippen LogP contribution in [-0.4, -0.2) is 69.0 Å². The number of aliphatic hydroxyl groups is 3. The van der Waals surface area contributed by atoms with Crippen molar-refractivity contribution >= 4 is 11.9 Å². The molecule has 8 nitrogen and oxygen atoms in total. The van der Waals surface area contributed by atoms with Gasteiger partial charge in [-0.05, 0) is 57.6 Å². The van der Waals surface area contributed by atoms with Crippen molar-refractivity contribution in [1.29, 1.82) is 0 Å². The molecule has 0 aromatic heterocycles. The van der Waals surface area contributed by atoms with E-state index in [1.54, 1.807) is 38.2 Å². The van der Waals surface area contributed by atoms with Crippen molar-refractivity contribution in [3.05, 3.63) is 36.0 Å². The van der Waals surface area contributed by atoms with Gasteiger partial charge in [0.1, 0.15) is 17.8 Å². The van der Waals surface area contributed by atoms with Gasteiger partial charge in [-0.2, -0.15) is 0 Å². The molecule has 222 valence electrons. The van der Waals surface area contributed by atoms with E-state index in [9.17, 15) is 24.9 Å². The lowest BCUT2D eigenvalue weighted by Crippen LogP contribution is -2.41. The Morgan fingerprint density at radius 2 is 1.97 bits per heavy atom. The number of aliphatic hydroxyl groups excluding tert-OH is 1. The van der Waals surface area contributed by atoms with Gasteiger partial charge < -0.3 is 29.5 Å². The third kappa shape index (κ3) is 10.5. The van der Waals surface area contributed by atoms with Gasteiger partial charge in [-0.3, -0.25) is 9.59 Å². The maximum absolute atomic E-state index is 12.8. The number of ether oxygens (including phenoxy) is 3. The van der Waals surface area contributed by atoms with Crippen molar-refractivity contribution in [3.63, 3.8) is 0 Å². The van der Waals surface area contributed by atoms with E-state index in [2.05, 4.69) is 0 Å². The van der Waals surface area contributed by atoms with Gasteiger partial charge in [-0.1, -0.05) is 52.0 Å². The lowest BCUT2D eigenvalue weighted by molar-refractivity contribution is -0.156. The summed E-state index contributed by atoms with van der Waals surface area (Å²) in [7, 11) is 0. The molecular formula is C31H50O8.